The molecule has 0 aromatic heterocycles. The van der Waals surface area contributed by atoms with Crippen LogP contribution < -0.4 is 0 Å². The first-order valence-electron chi connectivity index (χ1n) is 5.42. The summed E-state index contributed by atoms with van der Waals surface area (Å²) in [6, 6.07) is 3.62. The molecule has 0 aliphatic heterocycles. The molecule has 1 aromatic rings. The van der Waals surface area contributed by atoms with Crippen LogP contribution in [0.2, 0.25) is 0 Å². The minimum absolute atomic E-state index is 0.0719. The molecule has 0 radical (unpaired) electrons. The van der Waals surface area contributed by atoms with Crippen molar-refractivity contribution >= 4 is 5.97 Å². The highest BCUT2D eigenvalue weighted by molar-refractivity contribution is 5.70. The Hall–Kier alpha value is -1.50. The summed E-state index contributed by atoms with van der Waals surface area (Å²) in [6.07, 6.45) is -3.10. The molecule has 100 valence electrons. The SMILES string of the molecule is O=C(O)Cc1ccc(C(O)C(O)CCO)c(F)c1. The van der Waals surface area contributed by atoms with Crippen molar-refractivity contribution < 1.29 is 29.6 Å². The third-order valence-corrected chi connectivity index (χ3v) is 2.53. The largest absolute Gasteiger partial charge is 0.481 e. The smallest absolute Gasteiger partial charge is 0.307 e. The lowest BCUT2D eigenvalue weighted by Gasteiger charge is -2.18. The Kier molecular flexibility index (Phi) is 5.21. The number of aliphatic hydroxyl groups is 3. The first kappa shape index (κ1) is 14.6. The summed E-state index contributed by atoms with van der Waals surface area (Å²) in [5.41, 5.74) is 0.151. The number of carboxylic acids is 1. The van der Waals surface area contributed by atoms with Crippen LogP contribution >= 0.6 is 0 Å². The van der Waals surface area contributed by atoms with Gasteiger partial charge in [0.05, 0.1) is 12.5 Å². The van der Waals surface area contributed by atoms with Crippen molar-refractivity contribution in [3.63, 3.8) is 0 Å². The van der Waals surface area contributed by atoms with Gasteiger partial charge in [-0.1, -0.05) is 12.1 Å². The predicted octanol–water partition coefficient (Wildman–Crippen LogP) is 0.230. The van der Waals surface area contributed by atoms with Gasteiger partial charge in [0.25, 0.3) is 0 Å². The molecule has 0 aliphatic rings. The molecule has 1 aromatic carbocycles. The summed E-state index contributed by atoms with van der Waals surface area (Å²) in [7, 11) is 0. The van der Waals surface area contributed by atoms with Gasteiger partial charge in [0.15, 0.2) is 0 Å². The molecular weight excluding hydrogens is 243 g/mol. The molecule has 0 aliphatic carbocycles. The monoisotopic (exact) mass is 258 g/mol. The fraction of sp³-hybridized carbons (Fsp3) is 0.417. The van der Waals surface area contributed by atoms with Crippen molar-refractivity contribution in [2.24, 2.45) is 0 Å². The first-order chi connectivity index (χ1) is 8.45. The Morgan fingerprint density at radius 1 is 1.33 bits per heavy atom. The van der Waals surface area contributed by atoms with Crippen LogP contribution in [0.3, 0.4) is 0 Å². The molecular formula is C12H15FO5. The van der Waals surface area contributed by atoms with E-state index in [2.05, 4.69) is 0 Å². The highest BCUT2D eigenvalue weighted by atomic mass is 19.1. The molecule has 6 heteroatoms. The molecule has 0 heterocycles. The van der Waals surface area contributed by atoms with Crippen LogP contribution in [0.1, 0.15) is 23.7 Å². The molecule has 0 saturated heterocycles. The van der Waals surface area contributed by atoms with Crippen molar-refractivity contribution in [2.45, 2.75) is 25.0 Å². The van der Waals surface area contributed by atoms with Crippen LogP contribution in [0, 0.1) is 5.82 Å². The zero-order valence-corrected chi connectivity index (χ0v) is 9.58. The number of carbonyl (C=O) groups is 1. The number of halogens is 1. The molecule has 5 nitrogen and oxygen atoms in total. The van der Waals surface area contributed by atoms with Crippen LogP contribution in [0.25, 0.3) is 0 Å². The molecule has 2 unspecified atom stereocenters. The Morgan fingerprint density at radius 3 is 2.50 bits per heavy atom. The number of rotatable bonds is 6. The average Bonchev–Trinajstić information content (AvgIpc) is 2.28. The molecule has 4 N–H and O–H groups in total. The van der Waals surface area contributed by atoms with Gasteiger partial charge in [0, 0.05) is 12.2 Å². The number of carboxylic acid groups (broad SMARTS) is 1. The Bertz CT molecular complexity index is 421. The molecule has 0 fully saturated rings. The first-order valence-corrected chi connectivity index (χ1v) is 5.42. The van der Waals surface area contributed by atoms with E-state index in [1.54, 1.807) is 0 Å². The zero-order chi connectivity index (χ0) is 13.7. The highest BCUT2D eigenvalue weighted by Gasteiger charge is 2.21. The topological polar surface area (TPSA) is 98.0 Å². The lowest BCUT2D eigenvalue weighted by Crippen LogP contribution is -2.20. The molecule has 0 saturated carbocycles. The lowest BCUT2D eigenvalue weighted by atomic mass is 9.99. The number of hydrogen-bond acceptors (Lipinski definition) is 4. The van der Waals surface area contributed by atoms with E-state index in [1.165, 1.54) is 12.1 Å². The minimum Gasteiger partial charge on any atom is -0.481 e. The quantitative estimate of drug-likeness (QED) is 0.585. The molecule has 18 heavy (non-hydrogen) atoms. The van der Waals surface area contributed by atoms with E-state index in [9.17, 15) is 19.4 Å². The number of aliphatic hydroxyl groups excluding tert-OH is 3. The second kappa shape index (κ2) is 6.44. The van der Waals surface area contributed by atoms with Crippen LogP contribution in [-0.2, 0) is 11.2 Å². The van der Waals surface area contributed by atoms with Gasteiger partial charge in [-0.2, -0.15) is 0 Å². The van der Waals surface area contributed by atoms with Gasteiger partial charge < -0.3 is 20.4 Å². The van der Waals surface area contributed by atoms with Gasteiger partial charge in [-0.05, 0) is 18.1 Å². The van der Waals surface area contributed by atoms with Gasteiger partial charge >= 0.3 is 5.97 Å². The normalized spacial score (nSPS) is 14.2. The second-order valence-corrected chi connectivity index (χ2v) is 3.95. The summed E-state index contributed by atoms with van der Waals surface area (Å²) in [6.45, 7) is -0.322. The molecule has 0 amide bonds. The van der Waals surface area contributed by atoms with Crippen LogP contribution in [0.5, 0.6) is 0 Å². The summed E-state index contributed by atoms with van der Waals surface area (Å²) in [5, 5.41) is 36.3. The predicted molar refractivity (Wildman–Crippen MR) is 60.4 cm³/mol. The van der Waals surface area contributed by atoms with Crippen molar-refractivity contribution in [2.75, 3.05) is 6.61 Å². The molecule has 2 atom stereocenters. The molecule has 1 rings (SSSR count). The number of hydrogen-bond donors (Lipinski definition) is 4. The van der Waals surface area contributed by atoms with E-state index < -0.39 is 24.0 Å². The zero-order valence-electron chi connectivity index (χ0n) is 9.58. The second-order valence-electron chi connectivity index (χ2n) is 3.95. The van der Waals surface area contributed by atoms with Gasteiger partial charge in [0.2, 0.25) is 0 Å². The fourth-order valence-electron chi connectivity index (χ4n) is 1.59. The highest BCUT2D eigenvalue weighted by Crippen LogP contribution is 2.23. The van der Waals surface area contributed by atoms with E-state index in [-0.39, 0.29) is 30.6 Å². The number of aliphatic carboxylic acids is 1. The van der Waals surface area contributed by atoms with E-state index >= 15 is 0 Å². The Labute approximate surface area is 103 Å². The average molecular weight is 258 g/mol. The van der Waals surface area contributed by atoms with E-state index in [0.717, 1.165) is 6.07 Å². The summed E-state index contributed by atoms with van der Waals surface area (Å²) < 4.78 is 13.6. The van der Waals surface area contributed by atoms with E-state index in [0.29, 0.717) is 0 Å². The van der Waals surface area contributed by atoms with E-state index in [1.807, 2.05) is 0 Å². The molecule has 0 spiro atoms. The number of benzene rings is 1. The fourth-order valence-corrected chi connectivity index (χ4v) is 1.59. The van der Waals surface area contributed by atoms with Gasteiger partial charge in [-0.15, -0.1) is 0 Å². The minimum atomic E-state index is -1.45. The maximum Gasteiger partial charge on any atom is 0.307 e. The van der Waals surface area contributed by atoms with E-state index in [4.69, 9.17) is 10.2 Å². The van der Waals surface area contributed by atoms with Crippen molar-refractivity contribution in [1.82, 2.24) is 0 Å². The van der Waals surface area contributed by atoms with Gasteiger partial charge in [0.1, 0.15) is 11.9 Å². The van der Waals surface area contributed by atoms with Gasteiger partial charge in [-0.3, -0.25) is 4.79 Å². The van der Waals surface area contributed by atoms with Crippen LogP contribution in [0.15, 0.2) is 18.2 Å². The maximum atomic E-state index is 13.6. The van der Waals surface area contributed by atoms with Gasteiger partial charge in [-0.25, -0.2) is 4.39 Å². The van der Waals surface area contributed by atoms with Crippen LogP contribution in [-0.4, -0.2) is 39.1 Å². The summed E-state index contributed by atoms with van der Waals surface area (Å²) in [5.74, 6) is -1.86. The van der Waals surface area contributed by atoms with Crippen molar-refractivity contribution in [3.05, 3.63) is 35.1 Å². The third kappa shape index (κ3) is 3.76. The lowest BCUT2D eigenvalue weighted by molar-refractivity contribution is -0.136. The standard InChI is InChI=1S/C12H15FO5/c13-9-5-7(6-11(16)17)1-2-8(9)12(18)10(15)3-4-14/h1-2,5,10,12,14-15,18H,3-4,6H2,(H,16,17). The van der Waals surface area contributed by atoms with Crippen molar-refractivity contribution in [1.29, 1.82) is 0 Å². The van der Waals surface area contributed by atoms with Crippen molar-refractivity contribution in [3.8, 4) is 0 Å². The Morgan fingerprint density at radius 2 is 2.00 bits per heavy atom. The summed E-state index contributed by atoms with van der Waals surface area (Å²) in [4.78, 5) is 10.5. The third-order valence-electron chi connectivity index (χ3n) is 2.53. The Balaban J connectivity index is 2.87. The van der Waals surface area contributed by atoms with Crippen LogP contribution in [0.4, 0.5) is 4.39 Å². The molecule has 0 bridgehead atoms. The summed E-state index contributed by atoms with van der Waals surface area (Å²) >= 11 is 0. The maximum absolute atomic E-state index is 13.6.